The molecule has 25 heavy (non-hydrogen) atoms. The van der Waals surface area contributed by atoms with Crippen LogP contribution < -0.4 is 0 Å². The molecule has 0 aromatic heterocycles. The molecule has 0 atom stereocenters. The van der Waals surface area contributed by atoms with E-state index in [0.717, 1.165) is 16.7 Å². The topological polar surface area (TPSA) is 80.5 Å². The molecule has 0 saturated carbocycles. The molecule has 1 heterocycles. The van der Waals surface area contributed by atoms with E-state index in [1.165, 1.54) is 42.5 Å². The van der Waals surface area contributed by atoms with Gasteiger partial charge in [0.05, 0.1) is 16.4 Å². The summed E-state index contributed by atoms with van der Waals surface area (Å²) in [6.07, 6.45) is 1.42. The molecule has 0 bridgehead atoms. The number of imide groups is 1. The summed E-state index contributed by atoms with van der Waals surface area (Å²) in [6, 6.07) is 11.6. The number of hydrogen-bond donors (Lipinski definition) is 0. The van der Waals surface area contributed by atoms with Crippen molar-refractivity contribution >= 4 is 34.7 Å². The number of thioether (sulfide) groups is 1. The third kappa shape index (κ3) is 3.58. The van der Waals surface area contributed by atoms with Crippen molar-refractivity contribution in [2.75, 3.05) is 0 Å². The van der Waals surface area contributed by atoms with E-state index in [1.54, 1.807) is 12.1 Å². The average molecular weight is 358 g/mol. The number of rotatable bonds is 4. The van der Waals surface area contributed by atoms with Crippen LogP contribution in [-0.4, -0.2) is 21.0 Å². The van der Waals surface area contributed by atoms with Crippen LogP contribution in [0.25, 0.3) is 6.08 Å². The van der Waals surface area contributed by atoms with Gasteiger partial charge in [0, 0.05) is 11.6 Å². The SMILES string of the molecule is O=C1S/C(=C/c2cccc(F)c2)C(=O)N1Cc1ccccc1[N+](=O)[O-]. The summed E-state index contributed by atoms with van der Waals surface area (Å²) in [7, 11) is 0. The average Bonchev–Trinajstić information content (AvgIpc) is 2.83. The molecule has 0 N–H and O–H groups in total. The number of para-hydroxylation sites is 1. The molecular weight excluding hydrogens is 347 g/mol. The third-order valence-corrected chi connectivity index (χ3v) is 4.44. The van der Waals surface area contributed by atoms with Gasteiger partial charge in [-0.25, -0.2) is 4.39 Å². The van der Waals surface area contributed by atoms with Crippen molar-refractivity contribution in [3.63, 3.8) is 0 Å². The molecule has 1 aliphatic rings. The van der Waals surface area contributed by atoms with E-state index in [9.17, 15) is 24.1 Å². The van der Waals surface area contributed by atoms with Gasteiger partial charge in [0.25, 0.3) is 16.8 Å². The van der Waals surface area contributed by atoms with Gasteiger partial charge in [0.15, 0.2) is 0 Å². The van der Waals surface area contributed by atoms with Gasteiger partial charge in [-0.15, -0.1) is 0 Å². The Morgan fingerprint density at radius 1 is 1.16 bits per heavy atom. The Kier molecular flexibility index (Phi) is 4.62. The van der Waals surface area contributed by atoms with Crippen molar-refractivity contribution in [2.45, 2.75) is 6.54 Å². The summed E-state index contributed by atoms with van der Waals surface area (Å²) in [5.74, 6) is -1.01. The number of benzene rings is 2. The standard InChI is InChI=1S/C17H11FN2O4S/c18-13-6-3-4-11(8-13)9-15-16(21)19(17(22)25-15)10-12-5-1-2-7-14(12)20(23)24/h1-9H,10H2/b15-9+. The lowest BCUT2D eigenvalue weighted by Gasteiger charge is -2.12. The lowest BCUT2D eigenvalue weighted by Crippen LogP contribution is -2.27. The summed E-state index contributed by atoms with van der Waals surface area (Å²) in [5.41, 5.74) is 0.564. The highest BCUT2D eigenvalue weighted by Crippen LogP contribution is 2.34. The van der Waals surface area contributed by atoms with Gasteiger partial charge in [0.1, 0.15) is 5.82 Å². The number of amides is 2. The maximum absolute atomic E-state index is 13.2. The largest absolute Gasteiger partial charge is 0.293 e. The first kappa shape index (κ1) is 16.8. The second kappa shape index (κ2) is 6.86. The Balaban J connectivity index is 1.86. The number of carbonyl (C=O) groups is 2. The molecule has 1 fully saturated rings. The van der Waals surface area contributed by atoms with E-state index in [0.29, 0.717) is 5.56 Å². The molecule has 0 aliphatic carbocycles. The van der Waals surface area contributed by atoms with Gasteiger partial charge in [-0.1, -0.05) is 30.3 Å². The van der Waals surface area contributed by atoms with Gasteiger partial charge >= 0.3 is 0 Å². The quantitative estimate of drug-likeness (QED) is 0.469. The Morgan fingerprint density at radius 2 is 1.92 bits per heavy atom. The molecule has 6 nitrogen and oxygen atoms in total. The van der Waals surface area contributed by atoms with E-state index in [4.69, 9.17) is 0 Å². The summed E-state index contributed by atoms with van der Waals surface area (Å²) in [4.78, 5) is 36.2. The highest BCUT2D eigenvalue weighted by molar-refractivity contribution is 8.18. The highest BCUT2D eigenvalue weighted by Gasteiger charge is 2.36. The maximum Gasteiger partial charge on any atom is 0.293 e. The maximum atomic E-state index is 13.2. The van der Waals surface area contributed by atoms with Gasteiger partial charge in [-0.05, 0) is 35.5 Å². The number of carbonyl (C=O) groups excluding carboxylic acids is 2. The molecular formula is C17H11FN2O4S. The number of hydrogen-bond acceptors (Lipinski definition) is 5. The van der Waals surface area contributed by atoms with Crippen LogP contribution >= 0.6 is 11.8 Å². The van der Waals surface area contributed by atoms with Crippen molar-refractivity contribution in [3.8, 4) is 0 Å². The predicted molar refractivity (Wildman–Crippen MR) is 91.0 cm³/mol. The van der Waals surface area contributed by atoms with Crippen molar-refractivity contribution in [1.82, 2.24) is 4.90 Å². The van der Waals surface area contributed by atoms with Crippen LogP contribution in [0.15, 0.2) is 53.4 Å². The summed E-state index contributed by atoms with van der Waals surface area (Å²) in [5, 5.41) is 10.5. The molecule has 2 amide bonds. The minimum atomic E-state index is -0.559. The first-order valence-corrected chi connectivity index (χ1v) is 8.00. The van der Waals surface area contributed by atoms with Gasteiger partial charge in [0.2, 0.25) is 0 Å². The minimum Gasteiger partial charge on any atom is -0.268 e. The Labute approximate surface area is 146 Å². The Bertz CT molecular complexity index is 913. The minimum absolute atomic E-state index is 0.147. The zero-order valence-corrected chi connectivity index (χ0v) is 13.5. The van der Waals surface area contributed by atoms with Crippen molar-refractivity contribution < 1.29 is 18.9 Å². The number of nitro groups is 1. The second-order valence-electron chi connectivity index (χ2n) is 5.21. The van der Waals surface area contributed by atoms with Gasteiger partial charge in [-0.3, -0.25) is 24.6 Å². The van der Waals surface area contributed by atoms with Crippen LogP contribution in [0.4, 0.5) is 14.9 Å². The van der Waals surface area contributed by atoms with Crippen LogP contribution in [0.5, 0.6) is 0 Å². The molecule has 2 aromatic carbocycles. The fourth-order valence-electron chi connectivity index (χ4n) is 2.38. The zero-order valence-electron chi connectivity index (χ0n) is 12.7. The fraction of sp³-hybridized carbons (Fsp3) is 0.0588. The first-order valence-electron chi connectivity index (χ1n) is 7.19. The van der Waals surface area contributed by atoms with Crippen LogP contribution in [0.2, 0.25) is 0 Å². The molecule has 2 aromatic rings. The smallest absolute Gasteiger partial charge is 0.268 e. The zero-order chi connectivity index (χ0) is 18.0. The van der Waals surface area contributed by atoms with Crippen molar-refractivity contribution in [3.05, 3.63) is 80.5 Å². The van der Waals surface area contributed by atoms with E-state index in [1.807, 2.05) is 0 Å². The molecule has 1 aliphatic heterocycles. The van der Waals surface area contributed by atoms with E-state index in [2.05, 4.69) is 0 Å². The van der Waals surface area contributed by atoms with Crippen LogP contribution in [0.3, 0.4) is 0 Å². The summed E-state index contributed by atoms with van der Waals surface area (Å²) < 4.78 is 13.2. The number of halogens is 1. The van der Waals surface area contributed by atoms with E-state index >= 15 is 0 Å². The Hall–Kier alpha value is -3.00. The Morgan fingerprint density at radius 3 is 2.64 bits per heavy atom. The normalized spacial score (nSPS) is 15.9. The van der Waals surface area contributed by atoms with Crippen LogP contribution in [0.1, 0.15) is 11.1 Å². The predicted octanol–water partition coefficient (Wildman–Crippen LogP) is 3.97. The molecule has 0 radical (unpaired) electrons. The van der Waals surface area contributed by atoms with Crippen molar-refractivity contribution in [1.29, 1.82) is 0 Å². The van der Waals surface area contributed by atoms with E-state index < -0.39 is 21.9 Å². The molecule has 3 rings (SSSR count). The molecule has 0 unspecified atom stereocenters. The highest BCUT2D eigenvalue weighted by atomic mass is 32.2. The lowest BCUT2D eigenvalue weighted by molar-refractivity contribution is -0.385. The molecule has 8 heteroatoms. The molecule has 0 spiro atoms. The van der Waals surface area contributed by atoms with Crippen molar-refractivity contribution in [2.24, 2.45) is 0 Å². The van der Waals surface area contributed by atoms with E-state index in [-0.39, 0.29) is 22.7 Å². The van der Waals surface area contributed by atoms with Gasteiger partial charge < -0.3 is 0 Å². The van der Waals surface area contributed by atoms with Crippen LogP contribution in [0, 0.1) is 15.9 Å². The second-order valence-corrected chi connectivity index (χ2v) is 6.20. The fourth-order valence-corrected chi connectivity index (χ4v) is 3.22. The molecule has 1 saturated heterocycles. The summed E-state index contributed by atoms with van der Waals surface area (Å²) in [6.45, 7) is -0.192. The van der Waals surface area contributed by atoms with Gasteiger partial charge in [-0.2, -0.15) is 0 Å². The molecule has 126 valence electrons. The monoisotopic (exact) mass is 358 g/mol. The number of nitrogens with zero attached hydrogens (tertiary/aromatic N) is 2. The lowest BCUT2D eigenvalue weighted by atomic mass is 10.1. The number of nitro benzene ring substituents is 1. The van der Waals surface area contributed by atoms with Crippen LogP contribution in [-0.2, 0) is 11.3 Å². The summed E-state index contributed by atoms with van der Waals surface area (Å²) >= 11 is 0.722. The first-order chi connectivity index (χ1) is 12.0. The third-order valence-electron chi connectivity index (χ3n) is 3.54.